The predicted molar refractivity (Wildman–Crippen MR) is 227 cm³/mol. The molecule has 52 heavy (non-hydrogen) atoms. The van der Waals surface area contributed by atoms with Gasteiger partial charge in [-0.3, -0.25) is 0 Å². The quantitative estimate of drug-likeness (QED) is 0.174. The number of aromatic nitrogens is 1. The van der Waals surface area contributed by atoms with Crippen molar-refractivity contribution in [1.29, 1.82) is 0 Å². The number of anilines is 3. The van der Waals surface area contributed by atoms with Crippen LogP contribution >= 0.6 is 22.7 Å². The molecule has 0 aliphatic rings. The second-order valence-electron chi connectivity index (χ2n) is 13.4. The van der Waals surface area contributed by atoms with E-state index in [0.717, 1.165) is 22.7 Å². The average molecular weight is 699 g/mol. The van der Waals surface area contributed by atoms with Crippen LogP contribution in [0.25, 0.3) is 79.0 Å². The molecule has 0 N–H and O–H groups in total. The molecule has 0 unspecified atom stereocenters. The fourth-order valence-electron chi connectivity index (χ4n) is 7.96. The maximum Gasteiger partial charge on any atom is 0.0541 e. The van der Waals surface area contributed by atoms with E-state index in [4.69, 9.17) is 0 Å². The van der Waals surface area contributed by atoms with Gasteiger partial charge in [0.15, 0.2) is 0 Å². The molecule has 3 aromatic heterocycles. The second kappa shape index (κ2) is 11.7. The van der Waals surface area contributed by atoms with Crippen molar-refractivity contribution in [2.24, 2.45) is 0 Å². The molecule has 244 valence electrons. The molecule has 0 saturated carbocycles. The van der Waals surface area contributed by atoms with Gasteiger partial charge in [-0.1, -0.05) is 97.1 Å². The molecule has 0 bridgehead atoms. The molecule has 2 nitrogen and oxygen atoms in total. The number of hydrogen-bond acceptors (Lipinski definition) is 3. The summed E-state index contributed by atoms with van der Waals surface area (Å²) < 4.78 is 7.63. The molecule has 0 fully saturated rings. The van der Waals surface area contributed by atoms with Gasteiger partial charge in [0.25, 0.3) is 0 Å². The van der Waals surface area contributed by atoms with Gasteiger partial charge in [-0.05, 0) is 96.1 Å². The van der Waals surface area contributed by atoms with Crippen LogP contribution in [-0.4, -0.2) is 4.57 Å². The first-order valence-electron chi connectivity index (χ1n) is 17.6. The van der Waals surface area contributed by atoms with Crippen LogP contribution in [0.5, 0.6) is 0 Å². The van der Waals surface area contributed by atoms with E-state index >= 15 is 0 Å². The number of fused-ring (bicyclic) bond motifs is 9. The van der Waals surface area contributed by atoms with E-state index in [9.17, 15) is 0 Å². The minimum atomic E-state index is 1.13. The summed E-state index contributed by atoms with van der Waals surface area (Å²) in [7, 11) is 0. The Morgan fingerprint density at radius 1 is 0.327 bits per heavy atom. The van der Waals surface area contributed by atoms with E-state index in [1.165, 1.54) is 73.3 Å². The first kappa shape index (κ1) is 29.5. The molecular formula is C48H30N2S2. The van der Waals surface area contributed by atoms with Crippen molar-refractivity contribution >= 4 is 102 Å². The van der Waals surface area contributed by atoms with Crippen LogP contribution in [0.15, 0.2) is 182 Å². The van der Waals surface area contributed by atoms with Crippen molar-refractivity contribution in [3.05, 3.63) is 182 Å². The SMILES string of the molecule is c1ccc2c(c1)sc1ccc(N(c3ccc(-c4ccc(-n5c6ccccc6c6ccccc65)cc4)cc3)c3ccc4sc5ccccc5c4c3)cc12. The topological polar surface area (TPSA) is 8.17 Å². The first-order valence-corrected chi connectivity index (χ1v) is 19.2. The Morgan fingerprint density at radius 3 is 1.25 bits per heavy atom. The summed E-state index contributed by atoms with van der Waals surface area (Å²) >= 11 is 3.72. The summed E-state index contributed by atoms with van der Waals surface area (Å²) in [5.41, 5.74) is 9.43. The smallest absolute Gasteiger partial charge is 0.0541 e. The van der Waals surface area contributed by atoms with E-state index in [1.807, 2.05) is 22.7 Å². The Bertz CT molecular complexity index is 2960. The molecule has 11 rings (SSSR count). The number of nitrogens with zero attached hydrogens (tertiary/aromatic N) is 2. The minimum Gasteiger partial charge on any atom is -0.310 e. The van der Waals surface area contributed by atoms with Crippen LogP contribution < -0.4 is 4.90 Å². The monoisotopic (exact) mass is 698 g/mol. The number of hydrogen-bond donors (Lipinski definition) is 0. The fraction of sp³-hybridized carbons (Fsp3) is 0. The van der Waals surface area contributed by atoms with Gasteiger partial charge in [-0.15, -0.1) is 22.7 Å². The Kier molecular flexibility index (Phi) is 6.63. The summed E-state index contributed by atoms with van der Waals surface area (Å²) in [6.07, 6.45) is 0. The zero-order valence-corrected chi connectivity index (χ0v) is 29.7. The van der Waals surface area contributed by atoms with E-state index in [2.05, 4.69) is 191 Å². The Hall–Kier alpha value is -6.20. The third-order valence-corrected chi connectivity index (χ3v) is 12.7. The van der Waals surface area contributed by atoms with Gasteiger partial charge in [0.2, 0.25) is 0 Å². The molecule has 4 heteroatoms. The summed E-state index contributed by atoms with van der Waals surface area (Å²) in [5, 5.41) is 7.77. The van der Waals surface area contributed by atoms with Crippen LogP contribution in [0, 0.1) is 0 Å². The summed E-state index contributed by atoms with van der Waals surface area (Å²) in [6.45, 7) is 0. The molecule has 3 heterocycles. The highest BCUT2D eigenvalue weighted by Crippen LogP contribution is 2.43. The van der Waals surface area contributed by atoms with Crippen LogP contribution in [0.3, 0.4) is 0 Å². The van der Waals surface area contributed by atoms with Crippen molar-refractivity contribution in [3.8, 4) is 16.8 Å². The second-order valence-corrected chi connectivity index (χ2v) is 15.5. The van der Waals surface area contributed by atoms with Crippen LogP contribution in [-0.2, 0) is 0 Å². The Morgan fingerprint density at radius 2 is 0.731 bits per heavy atom. The first-order chi connectivity index (χ1) is 25.8. The van der Waals surface area contributed by atoms with Crippen LogP contribution in [0.4, 0.5) is 17.1 Å². The molecule has 0 saturated heterocycles. The van der Waals surface area contributed by atoms with Gasteiger partial charge < -0.3 is 9.47 Å². The third kappa shape index (κ3) is 4.62. The van der Waals surface area contributed by atoms with Crippen LogP contribution in [0.1, 0.15) is 0 Å². The molecule has 8 aromatic carbocycles. The highest BCUT2D eigenvalue weighted by atomic mass is 32.1. The van der Waals surface area contributed by atoms with E-state index in [0.29, 0.717) is 0 Å². The highest BCUT2D eigenvalue weighted by molar-refractivity contribution is 7.26. The lowest BCUT2D eigenvalue weighted by atomic mass is 10.0. The lowest BCUT2D eigenvalue weighted by molar-refractivity contribution is 1.18. The molecular weight excluding hydrogens is 669 g/mol. The largest absolute Gasteiger partial charge is 0.310 e. The standard InChI is InChI=1S/C48H30N2S2/c1-5-13-43-37(9-1)38-10-2-6-14-44(38)50(43)34-23-19-32(20-24-34)31-17-21-33(22-18-31)49(35-25-27-47-41(29-35)39-11-3-7-15-45(39)51-47)36-26-28-48-42(30-36)40-12-4-8-16-46(40)52-48/h1-30H. The Labute approximate surface area is 308 Å². The van der Waals surface area contributed by atoms with Gasteiger partial charge in [-0.25, -0.2) is 0 Å². The lowest BCUT2D eigenvalue weighted by Crippen LogP contribution is -2.09. The van der Waals surface area contributed by atoms with E-state index in [1.54, 1.807) is 0 Å². The number of benzene rings is 8. The normalized spacial score (nSPS) is 11.8. The maximum atomic E-state index is 2.41. The molecule has 11 aromatic rings. The summed E-state index contributed by atoms with van der Waals surface area (Å²) in [5.74, 6) is 0. The molecule has 0 radical (unpaired) electrons. The van der Waals surface area contributed by atoms with Gasteiger partial charge in [0, 0.05) is 73.9 Å². The highest BCUT2D eigenvalue weighted by Gasteiger charge is 2.17. The number of rotatable bonds is 5. The molecule has 0 atom stereocenters. The third-order valence-electron chi connectivity index (χ3n) is 10.4. The number of thiophene rings is 2. The van der Waals surface area contributed by atoms with Crippen molar-refractivity contribution in [3.63, 3.8) is 0 Å². The predicted octanol–water partition coefficient (Wildman–Crippen LogP) is 14.7. The summed E-state index contributed by atoms with van der Waals surface area (Å²) in [6, 6.07) is 66.7. The molecule has 0 aliphatic heterocycles. The molecule has 0 spiro atoms. The van der Waals surface area contributed by atoms with Crippen molar-refractivity contribution in [2.45, 2.75) is 0 Å². The maximum absolute atomic E-state index is 2.41. The van der Waals surface area contributed by atoms with E-state index < -0.39 is 0 Å². The summed E-state index contributed by atoms with van der Waals surface area (Å²) in [4.78, 5) is 2.41. The van der Waals surface area contributed by atoms with Crippen LogP contribution in [0.2, 0.25) is 0 Å². The average Bonchev–Trinajstić information content (AvgIpc) is 3.88. The fourth-order valence-corrected chi connectivity index (χ4v) is 10.1. The van der Waals surface area contributed by atoms with Gasteiger partial charge in [-0.2, -0.15) is 0 Å². The minimum absolute atomic E-state index is 1.13. The zero-order chi connectivity index (χ0) is 34.2. The lowest BCUT2D eigenvalue weighted by Gasteiger charge is -2.26. The van der Waals surface area contributed by atoms with Crippen molar-refractivity contribution in [1.82, 2.24) is 4.57 Å². The van der Waals surface area contributed by atoms with Gasteiger partial charge in [0.1, 0.15) is 0 Å². The molecule has 0 amide bonds. The van der Waals surface area contributed by atoms with E-state index in [-0.39, 0.29) is 0 Å². The van der Waals surface area contributed by atoms with Crippen molar-refractivity contribution < 1.29 is 0 Å². The number of para-hydroxylation sites is 2. The van der Waals surface area contributed by atoms with Gasteiger partial charge >= 0.3 is 0 Å². The van der Waals surface area contributed by atoms with Crippen molar-refractivity contribution in [2.75, 3.05) is 4.90 Å². The van der Waals surface area contributed by atoms with Gasteiger partial charge in [0.05, 0.1) is 11.0 Å². The zero-order valence-electron chi connectivity index (χ0n) is 28.0. The molecule has 0 aliphatic carbocycles. The Balaban J connectivity index is 1.01.